The zero-order valence-corrected chi connectivity index (χ0v) is 10.5. The van der Waals surface area contributed by atoms with E-state index in [0.717, 1.165) is 13.0 Å². The van der Waals surface area contributed by atoms with Crippen molar-refractivity contribution in [3.63, 3.8) is 0 Å². The van der Waals surface area contributed by atoms with Crippen LogP contribution in [-0.4, -0.2) is 37.0 Å². The monoisotopic (exact) mass is 212 g/mol. The molecule has 0 aromatic rings. The molecule has 0 aromatic heterocycles. The SMILES string of the molecule is CN(C(=O)CNCCC(C)(C)C)C1CC1. The number of hydrogen-bond donors (Lipinski definition) is 1. The van der Waals surface area contributed by atoms with Crippen molar-refractivity contribution in [3.8, 4) is 0 Å². The summed E-state index contributed by atoms with van der Waals surface area (Å²) < 4.78 is 0. The largest absolute Gasteiger partial charge is 0.342 e. The highest BCUT2D eigenvalue weighted by Gasteiger charge is 2.28. The Kier molecular flexibility index (Phi) is 4.14. The third kappa shape index (κ3) is 5.17. The highest BCUT2D eigenvalue weighted by molar-refractivity contribution is 5.78. The number of nitrogens with zero attached hydrogens (tertiary/aromatic N) is 1. The molecule has 0 atom stereocenters. The van der Waals surface area contributed by atoms with Gasteiger partial charge in [0.25, 0.3) is 0 Å². The van der Waals surface area contributed by atoms with E-state index in [2.05, 4.69) is 26.1 Å². The van der Waals surface area contributed by atoms with Crippen molar-refractivity contribution in [2.24, 2.45) is 5.41 Å². The molecule has 1 aliphatic rings. The average Bonchev–Trinajstić information content (AvgIpc) is 2.92. The fourth-order valence-corrected chi connectivity index (χ4v) is 1.45. The van der Waals surface area contributed by atoms with Crippen LogP contribution in [-0.2, 0) is 4.79 Å². The first-order chi connectivity index (χ1) is 6.90. The summed E-state index contributed by atoms with van der Waals surface area (Å²) in [4.78, 5) is 13.5. The lowest BCUT2D eigenvalue weighted by molar-refractivity contribution is -0.129. The first kappa shape index (κ1) is 12.5. The minimum absolute atomic E-state index is 0.228. The smallest absolute Gasteiger partial charge is 0.236 e. The summed E-state index contributed by atoms with van der Waals surface area (Å²) in [5.41, 5.74) is 0.346. The number of carbonyl (C=O) groups excluding carboxylic acids is 1. The molecule has 0 radical (unpaired) electrons. The summed E-state index contributed by atoms with van der Waals surface area (Å²) in [5.74, 6) is 0.228. The van der Waals surface area contributed by atoms with Gasteiger partial charge in [-0.25, -0.2) is 0 Å². The lowest BCUT2D eigenvalue weighted by atomic mass is 9.92. The van der Waals surface area contributed by atoms with E-state index in [4.69, 9.17) is 0 Å². The van der Waals surface area contributed by atoms with E-state index < -0.39 is 0 Å². The second-order valence-corrected chi connectivity index (χ2v) is 5.72. The second-order valence-electron chi connectivity index (χ2n) is 5.72. The van der Waals surface area contributed by atoms with Crippen molar-refractivity contribution in [3.05, 3.63) is 0 Å². The minimum atomic E-state index is 0.228. The first-order valence-electron chi connectivity index (χ1n) is 5.86. The van der Waals surface area contributed by atoms with Crippen molar-refractivity contribution in [1.29, 1.82) is 0 Å². The molecule has 0 unspecified atom stereocenters. The predicted octanol–water partition coefficient (Wildman–Crippen LogP) is 1.63. The van der Waals surface area contributed by atoms with Crippen LogP contribution in [0.3, 0.4) is 0 Å². The summed E-state index contributed by atoms with van der Waals surface area (Å²) in [5, 5.41) is 3.21. The maximum Gasteiger partial charge on any atom is 0.236 e. The van der Waals surface area contributed by atoms with E-state index in [1.54, 1.807) is 0 Å². The number of hydrogen-bond acceptors (Lipinski definition) is 2. The fraction of sp³-hybridized carbons (Fsp3) is 0.917. The van der Waals surface area contributed by atoms with Crippen molar-refractivity contribution in [1.82, 2.24) is 10.2 Å². The van der Waals surface area contributed by atoms with E-state index in [1.165, 1.54) is 12.8 Å². The Morgan fingerprint density at radius 1 is 1.40 bits per heavy atom. The molecule has 1 fully saturated rings. The predicted molar refractivity (Wildman–Crippen MR) is 62.7 cm³/mol. The van der Waals surface area contributed by atoms with Crippen LogP contribution in [0, 0.1) is 5.41 Å². The van der Waals surface area contributed by atoms with Gasteiger partial charge in [0.2, 0.25) is 5.91 Å². The maximum atomic E-state index is 11.6. The van der Waals surface area contributed by atoms with Crippen molar-refractivity contribution in [2.45, 2.75) is 46.1 Å². The highest BCUT2D eigenvalue weighted by Crippen LogP contribution is 2.25. The van der Waals surface area contributed by atoms with Crippen LogP contribution in [0.2, 0.25) is 0 Å². The normalized spacial score (nSPS) is 16.5. The van der Waals surface area contributed by atoms with E-state index in [0.29, 0.717) is 18.0 Å². The molecule has 88 valence electrons. The Balaban J connectivity index is 2.06. The van der Waals surface area contributed by atoms with Gasteiger partial charge in [-0.05, 0) is 31.2 Å². The summed E-state index contributed by atoms with van der Waals surface area (Å²) >= 11 is 0. The lowest BCUT2D eigenvalue weighted by Crippen LogP contribution is -2.37. The number of rotatable bonds is 5. The fourth-order valence-electron chi connectivity index (χ4n) is 1.45. The summed E-state index contributed by atoms with van der Waals surface area (Å²) in [6.45, 7) is 8.06. The van der Waals surface area contributed by atoms with Crippen LogP contribution in [0.1, 0.15) is 40.0 Å². The van der Waals surface area contributed by atoms with Crippen molar-refractivity contribution >= 4 is 5.91 Å². The standard InChI is InChI=1S/C12H24N2O/c1-12(2,3)7-8-13-9-11(15)14(4)10-5-6-10/h10,13H,5-9H2,1-4H3. The lowest BCUT2D eigenvalue weighted by Gasteiger charge is -2.19. The molecule has 1 amide bonds. The molecular formula is C12H24N2O. The summed E-state index contributed by atoms with van der Waals surface area (Å²) in [6.07, 6.45) is 3.47. The zero-order chi connectivity index (χ0) is 11.5. The summed E-state index contributed by atoms with van der Waals surface area (Å²) in [7, 11) is 1.91. The average molecular weight is 212 g/mol. The maximum absolute atomic E-state index is 11.6. The van der Waals surface area contributed by atoms with Gasteiger partial charge in [-0.3, -0.25) is 4.79 Å². The number of nitrogens with one attached hydrogen (secondary N) is 1. The Bertz CT molecular complexity index is 216. The van der Waals surface area contributed by atoms with Gasteiger partial charge in [0, 0.05) is 13.1 Å². The Hall–Kier alpha value is -0.570. The Morgan fingerprint density at radius 3 is 2.47 bits per heavy atom. The van der Waals surface area contributed by atoms with Gasteiger partial charge in [0.05, 0.1) is 6.54 Å². The van der Waals surface area contributed by atoms with E-state index in [1.807, 2.05) is 11.9 Å². The van der Waals surface area contributed by atoms with Gasteiger partial charge in [0.1, 0.15) is 0 Å². The summed E-state index contributed by atoms with van der Waals surface area (Å²) in [6, 6.07) is 0.530. The molecule has 15 heavy (non-hydrogen) atoms. The first-order valence-corrected chi connectivity index (χ1v) is 5.86. The van der Waals surface area contributed by atoms with Crippen LogP contribution in [0.5, 0.6) is 0 Å². The topological polar surface area (TPSA) is 32.3 Å². The third-order valence-electron chi connectivity index (χ3n) is 2.82. The van der Waals surface area contributed by atoms with Gasteiger partial charge in [0.15, 0.2) is 0 Å². The molecule has 0 aromatic carbocycles. The Labute approximate surface area is 93.2 Å². The van der Waals surface area contributed by atoms with E-state index in [-0.39, 0.29) is 5.91 Å². The van der Waals surface area contributed by atoms with Crippen LogP contribution < -0.4 is 5.32 Å². The van der Waals surface area contributed by atoms with Crippen LogP contribution >= 0.6 is 0 Å². The molecule has 1 saturated carbocycles. The molecule has 0 aliphatic heterocycles. The van der Waals surface area contributed by atoms with Crippen molar-refractivity contribution in [2.75, 3.05) is 20.1 Å². The third-order valence-corrected chi connectivity index (χ3v) is 2.82. The number of likely N-dealkylation sites (N-methyl/N-ethyl adjacent to an activating group) is 1. The van der Waals surface area contributed by atoms with Gasteiger partial charge >= 0.3 is 0 Å². The molecule has 0 bridgehead atoms. The van der Waals surface area contributed by atoms with E-state index >= 15 is 0 Å². The molecule has 1 rings (SSSR count). The molecular weight excluding hydrogens is 188 g/mol. The molecule has 0 spiro atoms. The van der Waals surface area contributed by atoms with Gasteiger partial charge in [-0.15, -0.1) is 0 Å². The highest BCUT2D eigenvalue weighted by atomic mass is 16.2. The molecule has 1 N–H and O–H groups in total. The quantitative estimate of drug-likeness (QED) is 0.703. The van der Waals surface area contributed by atoms with Crippen molar-refractivity contribution < 1.29 is 4.79 Å². The van der Waals surface area contributed by atoms with Gasteiger partial charge < -0.3 is 10.2 Å². The van der Waals surface area contributed by atoms with Gasteiger partial charge in [-0.2, -0.15) is 0 Å². The number of carbonyl (C=O) groups is 1. The van der Waals surface area contributed by atoms with Crippen LogP contribution in [0.25, 0.3) is 0 Å². The minimum Gasteiger partial charge on any atom is -0.342 e. The van der Waals surface area contributed by atoms with Crippen LogP contribution in [0.15, 0.2) is 0 Å². The van der Waals surface area contributed by atoms with Gasteiger partial charge in [-0.1, -0.05) is 20.8 Å². The molecule has 3 nitrogen and oxygen atoms in total. The van der Waals surface area contributed by atoms with Crippen LogP contribution in [0.4, 0.5) is 0 Å². The molecule has 1 aliphatic carbocycles. The number of amides is 1. The Morgan fingerprint density at radius 2 is 2.00 bits per heavy atom. The van der Waals surface area contributed by atoms with E-state index in [9.17, 15) is 4.79 Å². The zero-order valence-electron chi connectivity index (χ0n) is 10.5. The molecule has 3 heteroatoms. The molecule has 0 saturated heterocycles. The molecule has 0 heterocycles. The second kappa shape index (κ2) is 4.97.